The van der Waals surface area contributed by atoms with E-state index in [1.807, 2.05) is 6.20 Å². The predicted octanol–water partition coefficient (Wildman–Crippen LogP) is 3.24. The van der Waals surface area contributed by atoms with Gasteiger partial charge in [0.2, 0.25) is 0 Å². The second-order valence-corrected chi connectivity index (χ2v) is 6.36. The van der Waals surface area contributed by atoms with Gasteiger partial charge < -0.3 is 15.5 Å². The van der Waals surface area contributed by atoms with Crippen molar-refractivity contribution in [2.45, 2.75) is 33.9 Å². The van der Waals surface area contributed by atoms with Gasteiger partial charge in [-0.1, -0.05) is 12.1 Å². The quantitative estimate of drug-likeness (QED) is 0.570. The predicted molar refractivity (Wildman–Crippen MR) is 104 cm³/mol. The van der Waals surface area contributed by atoms with Gasteiger partial charge in [-0.2, -0.15) is 0 Å². The lowest BCUT2D eigenvalue weighted by atomic mass is 10.3. The summed E-state index contributed by atoms with van der Waals surface area (Å²) in [5.41, 5.74) is 1.11. The Hall–Kier alpha value is -2.08. The topological polar surface area (TPSA) is 52.6 Å². The first kappa shape index (κ1) is 18.3. The van der Waals surface area contributed by atoms with E-state index in [-0.39, 0.29) is 0 Å². The molecule has 24 heavy (non-hydrogen) atoms. The van der Waals surface area contributed by atoms with E-state index in [0.29, 0.717) is 6.54 Å². The fourth-order valence-corrected chi connectivity index (χ4v) is 2.99. The van der Waals surface area contributed by atoms with Crippen molar-refractivity contribution < 1.29 is 0 Å². The molecule has 2 rings (SSSR count). The third-order valence-electron chi connectivity index (χ3n) is 3.67. The minimum absolute atomic E-state index is 0.616. The van der Waals surface area contributed by atoms with E-state index in [9.17, 15) is 0 Å². The van der Waals surface area contributed by atoms with E-state index in [2.05, 4.69) is 75.9 Å². The summed E-state index contributed by atoms with van der Waals surface area (Å²) in [6, 6.07) is 8.36. The Morgan fingerprint density at radius 1 is 1.17 bits per heavy atom. The number of aliphatic imine (C=N–C) groups is 1. The highest BCUT2D eigenvalue weighted by atomic mass is 32.1. The van der Waals surface area contributed by atoms with Crippen molar-refractivity contribution >= 4 is 23.1 Å². The molecule has 0 aliphatic carbocycles. The Morgan fingerprint density at radius 3 is 2.58 bits per heavy atom. The largest absolute Gasteiger partial charge is 0.357 e. The molecule has 0 fully saturated rings. The first-order valence-corrected chi connectivity index (χ1v) is 9.39. The highest BCUT2D eigenvalue weighted by Gasteiger charge is 2.03. The lowest BCUT2D eigenvalue weighted by molar-refractivity contribution is 0.820. The number of anilines is 1. The monoisotopic (exact) mass is 345 g/mol. The maximum absolute atomic E-state index is 4.64. The van der Waals surface area contributed by atoms with Crippen molar-refractivity contribution in [3.63, 3.8) is 0 Å². The van der Waals surface area contributed by atoms with E-state index in [4.69, 9.17) is 0 Å². The lowest BCUT2D eigenvalue weighted by Gasteiger charge is -2.19. The smallest absolute Gasteiger partial charge is 0.191 e. The van der Waals surface area contributed by atoms with Crippen molar-refractivity contribution in [1.29, 1.82) is 0 Å². The number of hydrogen-bond donors (Lipinski definition) is 2. The minimum atomic E-state index is 0.616. The number of hydrogen-bond acceptors (Lipinski definition) is 4. The van der Waals surface area contributed by atoms with E-state index >= 15 is 0 Å². The van der Waals surface area contributed by atoms with Crippen LogP contribution < -0.4 is 15.5 Å². The summed E-state index contributed by atoms with van der Waals surface area (Å²) in [5.74, 6) is 1.86. The fourth-order valence-electron chi connectivity index (χ4n) is 2.34. The molecule has 0 saturated carbocycles. The van der Waals surface area contributed by atoms with Crippen LogP contribution in [-0.4, -0.2) is 30.6 Å². The molecule has 2 aromatic heterocycles. The minimum Gasteiger partial charge on any atom is -0.357 e. The van der Waals surface area contributed by atoms with Gasteiger partial charge in [-0.25, -0.2) is 9.98 Å². The molecular weight excluding hydrogens is 318 g/mol. The van der Waals surface area contributed by atoms with Crippen LogP contribution in [0.15, 0.2) is 40.8 Å². The van der Waals surface area contributed by atoms with Crippen LogP contribution in [0.1, 0.15) is 31.2 Å². The average Bonchev–Trinajstić information content (AvgIpc) is 3.13. The fraction of sp³-hybridized carbons (Fsp3) is 0.444. The molecule has 0 unspecified atom stereocenters. The molecule has 0 spiro atoms. The number of aromatic nitrogens is 1. The van der Waals surface area contributed by atoms with E-state index in [1.165, 1.54) is 4.88 Å². The molecule has 0 saturated heterocycles. The Morgan fingerprint density at radius 2 is 2.00 bits per heavy atom. The number of thiophene rings is 1. The number of rotatable bonds is 8. The molecule has 2 heterocycles. The van der Waals surface area contributed by atoms with Gasteiger partial charge in [0.15, 0.2) is 5.96 Å². The van der Waals surface area contributed by atoms with E-state index < -0.39 is 0 Å². The van der Waals surface area contributed by atoms with Crippen LogP contribution in [0, 0.1) is 0 Å². The summed E-state index contributed by atoms with van der Waals surface area (Å²) >= 11 is 1.75. The summed E-state index contributed by atoms with van der Waals surface area (Å²) < 4.78 is 0. The van der Waals surface area contributed by atoms with Crippen molar-refractivity contribution in [1.82, 2.24) is 15.6 Å². The maximum Gasteiger partial charge on any atom is 0.191 e. The van der Waals surface area contributed by atoms with Crippen LogP contribution in [0.5, 0.6) is 0 Å². The molecule has 2 aromatic rings. The maximum atomic E-state index is 4.64. The summed E-state index contributed by atoms with van der Waals surface area (Å²) in [4.78, 5) is 12.7. The molecule has 0 bridgehead atoms. The van der Waals surface area contributed by atoms with Crippen LogP contribution in [0.25, 0.3) is 0 Å². The zero-order chi connectivity index (χ0) is 17.2. The summed E-state index contributed by atoms with van der Waals surface area (Å²) in [5, 5.41) is 8.73. The van der Waals surface area contributed by atoms with Crippen molar-refractivity contribution in [2.24, 2.45) is 4.99 Å². The number of nitrogens with one attached hydrogen (secondary N) is 2. The molecule has 5 nitrogen and oxygen atoms in total. The normalized spacial score (nSPS) is 11.4. The molecule has 6 heteroatoms. The third kappa shape index (κ3) is 5.53. The van der Waals surface area contributed by atoms with Gasteiger partial charge in [0.1, 0.15) is 5.82 Å². The van der Waals surface area contributed by atoms with E-state index in [1.54, 1.807) is 11.3 Å². The molecule has 0 amide bonds. The molecule has 0 aromatic carbocycles. The first-order chi connectivity index (χ1) is 11.8. The summed E-state index contributed by atoms with van der Waals surface area (Å²) in [6.45, 7) is 10.6. The van der Waals surface area contributed by atoms with Gasteiger partial charge in [-0.15, -0.1) is 11.3 Å². The summed E-state index contributed by atoms with van der Waals surface area (Å²) in [6.07, 6.45) is 1.92. The van der Waals surface area contributed by atoms with Crippen molar-refractivity contribution in [3.05, 3.63) is 46.3 Å². The third-order valence-corrected chi connectivity index (χ3v) is 4.55. The second-order valence-electron chi connectivity index (χ2n) is 5.33. The van der Waals surface area contributed by atoms with Crippen LogP contribution >= 0.6 is 11.3 Å². The van der Waals surface area contributed by atoms with Crippen LogP contribution in [-0.2, 0) is 13.1 Å². The standard InChI is InChI=1S/C18H27N5S/c1-4-19-18(22-14-16-8-7-11-24-16)21-13-15-9-10-17(20-12-15)23(5-2)6-3/h7-12H,4-6,13-14H2,1-3H3,(H2,19,21,22). The molecule has 0 aliphatic rings. The van der Waals surface area contributed by atoms with Crippen molar-refractivity contribution in [2.75, 3.05) is 24.5 Å². The molecule has 0 radical (unpaired) electrons. The first-order valence-electron chi connectivity index (χ1n) is 8.51. The highest BCUT2D eigenvalue weighted by molar-refractivity contribution is 7.09. The molecule has 0 aliphatic heterocycles. The van der Waals surface area contributed by atoms with Gasteiger partial charge in [-0.3, -0.25) is 0 Å². The zero-order valence-electron chi connectivity index (χ0n) is 14.7. The molecular formula is C18H27N5S. The Bertz CT molecular complexity index is 603. The summed E-state index contributed by atoms with van der Waals surface area (Å²) in [7, 11) is 0. The number of nitrogens with zero attached hydrogens (tertiary/aromatic N) is 3. The highest BCUT2D eigenvalue weighted by Crippen LogP contribution is 2.11. The number of pyridine rings is 1. The Labute approximate surface area is 148 Å². The second kappa shape index (κ2) is 9.93. The van der Waals surface area contributed by atoms with Gasteiger partial charge in [0.05, 0.1) is 13.1 Å². The molecule has 130 valence electrons. The SMILES string of the molecule is CCNC(=NCc1ccc(N(CC)CC)nc1)NCc1cccs1. The van der Waals surface area contributed by atoms with Gasteiger partial charge in [0.25, 0.3) is 0 Å². The van der Waals surface area contributed by atoms with Crippen molar-refractivity contribution in [3.8, 4) is 0 Å². The molecule has 2 N–H and O–H groups in total. The Kier molecular flexibility index (Phi) is 7.55. The number of guanidine groups is 1. The molecule has 0 atom stereocenters. The van der Waals surface area contributed by atoms with Gasteiger partial charge in [-0.05, 0) is 43.8 Å². The average molecular weight is 346 g/mol. The van der Waals surface area contributed by atoms with Gasteiger partial charge in [0, 0.05) is 30.7 Å². The van der Waals surface area contributed by atoms with Crippen LogP contribution in [0.4, 0.5) is 5.82 Å². The van der Waals surface area contributed by atoms with E-state index in [0.717, 1.165) is 43.5 Å². The van der Waals surface area contributed by atoms with Gasteiger partial charge >= 0.3 is 0 Å². The Balaban J connectivity index is 1.94. The zero-order valence-corrected chi connectivity index (χ0v) is 15.6. The van der Waals surface area contributed by atoms with Crippen LogP contribution in [0.3, 0.4) is 0 Å². The van der Waals surface area contributed by atoms with Crippen LogP contribution in [0.2, 0.25) is 0 Å². The lowest BCUT2D eigenvalue weighted by Crippen LogP contribution is -2.36.